The monoisotopic (exact) mass is 299 g/mol. The second kappa shape index (κ2) is 6.65. The molecule has 1 aromatic rings. The summed E-state index contributed by atoms with van der Waals surface area (Å²) in [5, 5.41) is 10.4. The summed E-state index contributed by atoms with van der Waals surface area (Å²) in [4.78, 5) is 13.8. The average Bonchev–Trinajstić information content (AvgIpc) is 2.87. The first-order valence-corrected chi connectivity index (χ1v) is 8.07. The molecule has 0 atom stereocenters. The summed E-state index contributed by atoms with van der Waals surface area (Å²) < 4.78 is 10.7. The molecule has 112 valence electrons. The molecule has 20 heavy (non-hydrogen) atoms. The van der Waals surface area contributed by atoms with E-state index < -0.39 is 5.60 Å². The van der Waals surface area contributed by atoms with Crippen molar-refractivity contribution in [3.8, 4) is 0 Å². The molecule has 0 aliphatic carbocycles. The highest BCUT2D eigenvalue weighted by Gasteiger charge is 2.33. The molecule has 0 radical (unpaired) electrons. The normalized spacial score (nSPS) is 17.9. The summed E-state index contributed by atoms with van der Waals surface area (Å²) in [7, 11) is 1.69. The standard InChI is InChI=1S/C14H21NO4S/c1-15(10-14(17)5-7-18-8-6-14)13(16)12-4-3-11(19-12)9-20-2/h3-4,17H,5-10H2,1-2H3. The minimum absolute atomic E-state index is 0.197. The van der Waals surface area contributed by atoms with Crippen molar-refractivity contribution in [2.75, 3.05) is 33.1 Å². The lowest BCUT2D eigenvalue weighted by Crippen LogP contribution is -2.47. The number of nitrogens with zero attached hydrogens (tertiary/aromatic N) is 1. The van der Waals surface area contributed by atoms with E-state index in [4.69, 9.17) is 9.15 Å². The van der Waals surface area contributed by atoms with Gasteiger partial charge < -0.3 is 19.2 Å². The van der Waals surface area contributed by atoms with Gasteiger partial charge in [-0.1, -0.05) is 0 Å². The maximum atomic E-state index is 12.3. The van der Waals surface area contributed by atoms with Gasteiger partial charge in [-0.3, -0.25) is 4.79 Å². The Morgan fingerprint density at radius 3 is 2.80 bits per heavy atom. The highest BCUT2D eigenvalue weighted by atomic mass is 32.2. The smallest absolute Gasteiger partial charge is 0.289 e. The lowest BCUT2D eigenvalue weighted by atomic mass is 9.94. The zero-order chi connectivity index (χ0) is 14.6. The molecule has 6 heteroatoms. The van der Waals surface area contributed by atoms with Crippen LogP contribution in [0, 0.1) is 0 Å². The average molecular weight is 299 g/mol. The number of furan rings is 1. The number of ether oxygens (including phenoxy) is 1. The summed E-state index contributed by atoms with van der Waals surface area (Å²) in [6.45, 7) is 1.38. The van der Waals surface area contributed by atoms with Crippen molar-refractivity contribution in [3.63, 3.8) is 0 Å². The number of hydrogen-bond donors (Lipinski definition) is 1. The lowest BCUT2D eigenvalue weighted by molar-refractivity contribution is -0.0736. The Morgan fingerprint density at radius 1 is 1.45 bits per heavy atom. The van der Waals surface area contributed by atoms with Crippen molar-refractivity contribution < 1.29 is 19.1 Å². The summed E-state index contributed by atoms with van der Waals surface area (Å²) in [5.74, 6) is 1.67. The van der Waals surface area contributed by atoms with Gasteiger partial charge in [-0.25, -0.2) is 0 Å². The van der Waals surface area contributed by atoms with Crippen LogP contribution in [0.1, 0.15) is 29.2 Å². The van der Waals surface area contributed by atoms with E-state index in [9.17, 15) is 9.90 Å². The van der Waals surface area contributed by atoms with Gasteiger partial charge in [0.2, 0.25) is 0 Å². The highest BCUT2D eigenvalue weighted by molar-refractivity contribution is 7.97. The second-order valence-electron chi connectivity index (χ2n) is 5.20. The quantitative estimate of drug-likeness (QED) is 0.897. The molecule has 1 amide bonds. The number of carbonyl (C=O) groups excluding carboxylic acids is 1. The fourth-order valence-corrected chi connectivity index (χ4v) is 2.76. The number of thioether (sulfide) groups is 1. The van der Waals surface area contributed by atoms with Crippen LogP contribution in [-0.4, -0.2) is 54.6 Å². The molecule has 1 N–H and O–H groups in total. The number of aliphatic hydroxyl groups is 1. The fraction of sp³-hybridized carbons (Fsp3) is 0.643. The number of carbonyl (C=O) groups is 1. The van der Waals surface area contributed by atoms with Crippen molar-refractivity contribution in [2.24, 2.45) is 0 Å². The molecule has 1 aromatic heterocycles. The maximum Gasteiger partial charge on any atom is 0.289 e. The third-order valence-electron chi connectivity index (χ3n) is 3.46. The highest BCUT2D eigenvalue weighted by Crippen LogP contribution is 2.22. The summed E-state index contributed by atoms with van der Waals surface area (Å²) in [6.07, 6.45) is 3.10. The minimum atomic E-state index is -0.850. The van der Waals surface area contributed by atoms with Gasteiger partial charge in [-0.05, 0) is 18.4 Å². The predicted octanol–water partition coefficient (Wildman–Crippen LogP) is 1.76. The lowest BCUT2D eigenvalue weighted by Gasteiger charge is -2.35. The minimum Gasteiger partial charge on any atom is -0.455 e. The predicted molar refractivity (Wildman–Crippen MR) is 77.9 cm³/mol. The van der Waals surface area contributed by atoms with Crippen LogP contribution in [0.4, 0.5) is 0 Å². The first-order valence-electron chi connectivity index (χ1n) is 6.67. The molecule has 0 aromatic carbocycles. The van der Waals surface area contributed by atoms with E-state index in [-0.39, 0.29) is 5.91 Å². The molecule has 1 aliphatic heterocycles. The molecule has 1 aliphatic rings. The van der Waals surface area contributed by atoms with E-state index in [2.05, 4.69) is 0 Å². The van der Waals surface area contributed by atoms with Gasteiger partial charge in [0.05, 0.1) is 11.4 Å². The zero-order valence-corrected chi connectivity index (χ0v) is 12.7. The van der Waals surface area contributed by atoms with Crippen molar-refractivity contribution in [1.29, 1.82) is 0 Å². The van der Waals surface area contributed by atoms with Gasteiger partial charge in [0.1, 0.15) is 5.76 Å². The Hall–Kier alpha value is -0.980. The Morgan fingerprint density at radius 2 is 2.15 bits per heavy atom. The van der Waals surface area contributed by atoms with Crippen LogP contribution in [0.15, 0.2) is 16.5 Å². The Labute approximate surface area is 123 Å². The molecular formula is C14H21NO4S. The van der Waals surface area contributed by atoms with Gasteiger partial charge in [-0.15, -0.1) is 0 Å². The van der Waals surface area contributed by atoms with Crippen molar-refractivity contribution in [3.05, 3.63) is 23.7 Å². The van der Waals surface area contributed by atoms with E-state index in [1.807, 2.05) is 12.3 Å². The molecule has 1 fully saturated rings. The van der Waals surface area contributed by atoms with Gasteiger partial charge in [0.15, 0.2) is 5.76 Å². The van der Waals surface area contributed by atoms with Crippen LogP contribution < -0.4 is 0 Å². The van der Waals surface area contributed by atoms with Gasteiger partial charge in [0, 0.05) is 39.6 Å². The number of rotatable bonds is 5. The summed E-state index contributed by atoms with van der Waals surface area (Å²) >= 11 is 1.64. The van der Waals surface area contributed by atoms with Crippen LogP contribution in [0.25, 0.3) is 0 Å². The molecule has 1 saturated heterocycles. The fourth-order valence-electron chi connectivity index (χ4n) is 2.32. The Kier molecular flexibility index (Phi) is 5.12. The first-order chi connectivity index (χ1) is 9.54. The third-order valence-corrected chi connectivity index (χ3v) is 4.03. The van der Waals surface area contributed by atoms with Gasteiger partial charge in [-0.2, -0.15) is 11.8 Å². The van der Waals surface area contributed by atoms with Gasteiger partial charge in [0.25, 0.3) is 5.91 Å². The SMILES string of the molecule is CSCc1ccc(C(=O)N(C)CC2(O)CCOCC2)o1. The second-order valence-corrected chi connectivity index (χ2v) is 6.06. The number of likely N-dealkylation sites (N-methyl/N-ethyl adjacent to an activating group) is 1. The molecule has 0 unspecified atom stereocenters. The first kappa shape index (κ1) is 15.4. The maximum absolute atomic E-state index is 12.3. The molecule has 0 bridgehead atoms. The van der Waals surface area contributed by atoms with Crippen molar-refractivity contribution >= 4 is 17.7 Å². The topological polar surface area (TPSA) is 62.9 Å². The van der Waals surface area contributed by atoms with E-state index in [0.29, 0.717) is 38.4 Å². The number of amides is 1. The third kappa shape index (κ3) is 3.77. The van der Waals surface area contributed by atoms with E-state index in [0.717, 1.165) is 11.5 Å². The molecule has 2 heterocycles. The number of hydrogen-bond acceptors (Lipinski definition) is 5. The van der Waals surface area contributed by atoms with E-state index in [1.165, 1.54) is 4.90 Å². The van der Waals surface area contributed by atoms with Crippen LogP contribution in [0.5, 0.6) is 0 Å². The summed E-state index contributed by atoms with van der Waals surface area (Å²) in [6, 6.07) is 3.51. The zero-order valence-electron chi connectivity index (χ0n) is 11.9. The molecule has 5 nitrogen and oxygen atoms in total. The molecule has 2 rings (SSSR count). The summed E-state index contributed by atoms with van der Waals surface area (Å²) in [5.41, 5.74) is -0.850. The largest absolute Gasteiger partial charge is 0.455 e. The Balaban J connectivity index is 1.96. The molecular weight excluding hydrogens is 278 g/mol. The van der Waals surface area contributed by atoms with Crippen LogP contribution in [0.3, 0.4) is 0 Å². The van der Waals surface area contributed by atoms with Crippen LogP contribution in [-0.2, 0) is 10.5 Å². The van der Waals surface area contributed by atoms with E-state index >= 15 is 0 Å². The van der Waals surface area contributed by atoms with Crippen molar-refractivity contribution in [1.82, 2.24) is 4.90 Å². The van der Waals surface area contributed by atoms with Gasteiger partial charge >= 0.3 is 0 Å². The molecule has 0 saturated carbocycles. The van der Waals surface area contributed by atoms with Crippen LogP contribution in [0.2, 0.25) is 0 Å². The van der Waals surface area contributed by atoms with Crippen molar-refractivity contribution in [2.45, 2.75) is 24.2 Å². The van der Waals surface area contributed by atoms with E-state index in [1.54, 1.807) is 24.9 Å². The van der Waals surface area contributed by atoms with Crippen LogP contribution >= 0.6 is 11.8 Å². The molecule has 0 spiro atoms. The Bertz CT molecular complexity index is 454.